The van der Waals surface area contributed by atoms with Crippen molar-refractivity contribution in [2.75, 3.05) is 6.61 Å². The number of carbonyl (C=O) groups excluding carboxylic acids is 3. The topological polar surface area (TPSA) is 81.7 Å². The highest BCUT2D eigenvalue weighted by Crippen LogP contribution is 2.01. The molecule has 1 amide bonds. The SMILES string of the molecule is CC(=O)N[C@H](COC(C)=O)[C@H](C)OC(C)=O. The third-order valence-electron chi connectivity index (χ3n) is 1.77. The van der Waals surface area contributed by atoms with E-state index in [4.69, 9.17) is 9.47 Å². The maximum atomic E-state index is 10.9. The molecule has 6 heteroatoms. The van der Waals surface area contributed by atoms with E-state index < -0.39 is 24.1 Å². The van der Waals surface area contributed by atoms with Gasteiger partial charge in [-0.25, -0.2) is 0 Å². The number of hydrogen-bond acceptors (Lipinski definition) is 5. The van der Waals surface area contributed by atoms with E-state index in [2.05, 4.69) is 5.32 Å². The van der Waals surface area contributed by atoms with Gasteiger partial charge in [-0.2, -0.15) is 0 Å². The van der Waals surface area contributed by atoms with E-state index in [1.807, 2.05) is 0 Å². The zero-order valence-corrected chi connectivity index (χ0v) is 9.90. The van der Waals surface area contributed by atoms with Crippen molar-refractivity contribution in [2.24, 2.45) is 0 Å². The summed E-state index contributed by atoms with van der Waals surface area (Å²) in [7, 11) is 0. The summed E-state index contributed by atoms with van der Waals surface area (Å²) < 4.78 is 9.66. The first-order valence-electron chi connectivity index (χ1n) is 4.90. The van der Waals surface area contributed by atoms with Crippen LogP contribution in [0.2, 0.25) is 0 Å². The Labute approximate surface area is 94.3 Å². The van der Waals surface area contributed by atoms with Crippen molar-refractivity contribution in [1.29, 1.82) is 0 Å². The van der Waals surface area contributed by atoms with Crippen LogP contribution in [0.5, 0.6) is 0 Å². The van der Waals surface area contributed by atoms with Gasteiger partial charge < -0.3 is 14.8 Å². The highest BCUT2D eigenvalue weighted by molar-refractivity contribution is 5.73. The van der Waals surface area contributed by atoms with E-state index in [1.165, 1.54) is 20.8 Å². The number of carbonyl (C=O) groups is 3. The van der Waals surface area contributed by atoms with Gasteiger partial charge in [0.25, 0.3) is 0 Å². The Morgan fingerprint density at radius 3 is 2.06 bits per heavy atom. The number of ether oxygens (including phenoxy) is 2. The summed E-state index contributed by atoms with van der Waals surface area (Å²) in [6, 6.07) is -0.537. The molecule has 0 aliphatic rings. The van der Waals surface area contributed by atoms with Crippen LogP contribution in [0.4, 0.5) is 0 Å². The molecule has 92 valence electrons. The van der Waals surface area contributed by atoms with Gasteiger partial charge in [-0.1, -0.05) is 0 Å². The molecule has 0 unspecified atom stereocenters. The summed E-state index contributed by atoms with van der Waals surface area (Å²) in [6.45, 7) is 5.46. The van der Waals surface area contributed by atoms with Crippen LogP contribution in [-0.4, -0.2) is 36.6 Å². The minimum absolute atomic E-state index is 0.0244. The van der Waals surface area contributed by atoms with Crippen molar-refractivity contribution in [2.45, 2.75) is 39.8 Å². The van der Waals surface area contributed by atoms with Gasteiger partial charge in [0.1, 0.15) is 12.7 Å². The molecule has 0 spiro atoms. The lowest BCUT2D eigenvalue weighted by Crippen LogP contribution is -2.46. The van der Waals surface area contributed by atoms with Crippen molar-refractivity contribution in [3.8, 4) is 0 Å². The van der Waals surface area contributed by atoms with Crippen LogP contribution in [-0.2, 0) is 23.9 Å². The Morgan fingerprint density at radius 1 is 1.12 bits per heavy atom. The molecule has 6 nitrogen and oxygen atoms in total. The van der Waals surface area contributed by atoms with Gasteiger partial charge in [0.2, 0.25) is 5.91 Å². The van der Waals surface area contributed by atoms with Crippen LogP contribution in [0.1, 0.15) is 27.7 Å². The highest BCUT2D eigenvalue weighted by atomic mass is 16.6. The molecular weight excluding hydrogens is 214 g/mol. The summed E-state index contributed by atoms with van der Waals surface area (Å²) in [5.41, 5.74) is 0. The molecule has 0 heterocycles. The summed E-state index contributed by atoms with van der Waals surface area (Å²) in [4.78, 5) is 32.3. The van der Waals surface area contributed by atoms with Gasteiger partial charge in [-0.15, -0.1) is 0 Å². The Kier molecular flexibility index (Phi) is 6.14. The lowest BCUT2D eigenvalue weighted by atomic mass is 10.2. The molecule has 2 atom stereocenters. The monoisotopic (exact) mass is 231 g/mol. The fraction of sp³-hybridized carbons (Fsp3) is 0.700. The zero-order chi connectivity index (χ0) is 12.7. The number of hydrogen-bond donors (Lipinski definition) is 1. The van der Waals surface area contributed by atoms with Crippen LogP contribution < -0.4 is 5.32 Å². The second kappa shape index (κ2) is 6.81. The lowest BCUT2D eigenvalue weighted by Gasteiger charge is -2.23. The lowest BCUT2D eigenvalue weighted by molar-refractivity contribution is -0.150. The molecular formula is C10H17NO5. The van der Waals surface area contributed by atoms with E-state index >= 15 is 0 Å². The normalized spacial score (nSPS) is 13.5. The van der Waals surface area contributed by atoms with Crippen LogP contribution in [0.15, 0.2) is 0 Å². The minimum Gasteiger partial charge on any atom is -0.464 e. The maximum absolute atomic E-state index is 10.9. The Bertz CT molecular complexity index is 276. The van der Waals surface area contributed by atoms with E-state index in [0.717, 1.165) is 0 Å². The first kappa shape index (κ1) is 14.4. The van der Waals surface area contributed by atoms with E-state index in [0.29, 0.717) is 0 Å². The third-order valence-corrected chi connectivity index (χ3v) is 1.77. The standard InChI is InChI=1S/C10H17NO5/c1-6(16-9(4)14)10(11-7(2)12)5-15-8(3)13/h6,10H,5H2,1-4H3,(H,11,12)/t6-,10+/m0/s1. The maximum Gasteiger partial charge on any atom is 0.302 e. The molecule has 1 N–H and O–H groups in total. The molecule has 16 heavy (non-hydrogen) atoms. The predicted octanol–water partition coefficient (Wildman–Crippen LogP) is 0.00580. The van der Waals surface area contributed by atoms with Gasteiger partial charge >= 0.3 is 11.9 Å². The van der Waals surface area contributed by atoms with Crippen LogP contribution >= 0.6 is 0 Å². The third kappa shape index (κ3) is 6.80. The fourth-order valence-corrected chi connectivity index (χ4v) is 1.11. The number of nitrogens with one attached hydrogen (secondary N) is 1. The summed E-state index contributed by atoms with van der Waals surface area (Å²) in [6.07, 6.45) is -0.555. The molecule has 0 bridgehead atoms. The van der Waals surface area contributed by atoms with Gasteiger partial charge in [0.05, 0.1) is 6.04 Å². The molecule has 0 saturated carbocycles. The summed E-state index contributed by atoms with van der Waals surface area (Å²) in [5.74, 6) is -1.19. The van der Waals surface area contributed by atoms with E-state index in [9.17, 15) is 14.4 Å². The fourth-order valence-electron chi connectivity index (χ4n) is 1.11. The molecule has 0 aromatic rings. The van der Waals surface area contributed by atoms with Crippen molar-refractivity contribution < 1.29 is 23.9 Å². The average Bonchev–Trinajstić information content (AvgIpc) is 2.09. The Morgan fingerprint density at radius 2 is 1.69 bits per heavy atom. The Balaban J connectivity index is 4.33. The zero-order valence-electron chi connectivity index (χ0n) is 9.90. The van der Waals surface area contributed by atoms with Crippen LogP contribution in [0.3, 0.4) is 0 Å². The molecule has 0 radical (unpaired) electrons. The van der Waals surface area contributed by atoms with Crippen molar-refractivity contribution in [3.05, 3.63) is 0 Å². The quantitative estimate of drug-likeness (QED) is 0.674. The minimum atomic E-state index is -0.555. The second-order valence-corrected chi connectivity index (χ2v) is 3.42. The summed E-state index contributed by atoms with van der Waals surface area (Å²) in [5, 5.41) is 2.55. The molecule has 0 saturated heterocycles. The predicted molar refractivity (Wildman–Crippen MR) is 55.5 cm³/mol. The molecule has 0 aromatic heterocycles. The van der Waals surface area contributed by atoms with Gasteiger partial charge in [-0.3, -0.25) is 14.4 Å². The van der Waals surface area contributed by atoms with Crippen molar-refractivity contribution in [1.82, 2.24) is 5.32 Å². The molecule has 0 aromatic carbocycles. The van der Waals surface area contributed by atoms with E-state index in [-0.39, 0.29) is 12.5 Å². The van der Waals surface area contributed by atoms with Gasteiger partial charge in [0.15, 0.2) is 0 Å². The molecule has 0 aliphatic heterocycles. The summed E-state index contributed by atoms with van der Waals surface area (Å²) >= 11 is 0. The molecule has 0 rings (SSSR count). The van der Waals surface area contributed by atoms with E-state index in [1.54, 1.807) is 6.92 Å². The number of amides is 1. The first-order valence-corrected chi connectivity index (χ1v) is 4.90. The van der Waals surface area contributed by atoms with Crippen LogP contribution in [0.25, 0.3) is 0 Å². The Hall–Kier alpha value is -1.59. The van der Waals surface area contributed by atoms with Gasteiger partial charge in [0, 0.05) is 20.8 Å². The average molecular weight is 231 g/mol. The highest BCUT2D eigenvalue weighted by Gasteiger charge is 2.21. The smallest absolute Gasteiger partial charge is 0.302 e. The number of rotatable bonds is 5. The molecule has 0 aliphatic carbocycles. The van der Waals surface area contributed by atoms with Gasteiger partial charge in [-0.05, 0) is 6.92 Å². The van der Waals surface area contributed by atoms with Crippen molar-refractivity contribution in [3.63, 3.8) is 0 Å². The molecule has 0 fully saturated rings. The number of esters is 2. The van der Waals surface area contributed by atoms with Crippen molar-refractivity contribution >= 4 is 17.8 Å². The largest absolute Gasteiger partial charge is 0.464 e. The van der Waals surface area contributed by atoms with Crippen LogP contribution in [0, 0.1) is 0 Å². The second-order valence-electron chi connectivity index (χ2n) is 3.42. The first-order chi connectivity index (χ1) is 7.32.